The molecule has 0 radical (unpaired) electrons. The Bertz CT molecular complexity index is 638. The van der Waals surface area contributed by atoms with Crippen LogP contribution in [0.1, 0.15) is 26.2 Å². The fourth-order valence-electron chi connectivity index (χ4n) is 2.81. The minimum atomic E-state index is 0.898. The van der Waals surface area contributed by atoms with Crippen molar-refractivity contribution in [1.29, 1.82) is 0 Å². The van der Waals surface area contributed by atoms with E-state index in [1.54, 1.807) is 0 Å². The van der Waals surface area contributed by atoms with Crippen LogP contribution in [0.25, 0.3) is 10.9 Å². The van der Waals surface area contributed by atoms with E-state index < -0.39 is 0 Å². The lowest BCUT2D eigenvalue weighted by Gasteiger charge is -2.32. The molecular weight excluding hydrogens is 304 g/mol. The summed E-state index contributed by atoms with van der Waals surface area (Å²) in [6, 6.07) is 8.39. The summed E-state index contributed by atoms with van der Waals surface area (Å²) in [5.41, 5.74) is 1.06. The molecule has 0 aliphatic carbocycles. The number of likely N-dealkylation sites (N-methyl/N-ethyl adjacent to an activating group) is 1. The molecule has 0 saturated carbocycles. The van der Waals surface area contributed by atoms with Crippen LogP contribution in [0, 0.1) is 0 Å². The summed E-state index contributed by atoms with van der Waals surface area (Å²) in [6.07, 6.45) is 3.81. The van der Waals surface area contributed by atoms with E-state index in [0.717, 1.165) is 48.4 Å². The second-order valence-corrected chi connectivity index (χ2v) is 7.28. The minimum Gasteiger partial charge on any atom is -0.338 e. The predicted octanol–water partition coefficient (Wildman–Crippen LogP) is 3.66. The Morgan fingerprint density at radius 2 is 1.83 bits per heavy atom. The van der Waals surface area contributed by atoms with Crippen molar-refractivity contribution in [3.05, 3.63) is 24.3 Å². The number of unbranched alkanes of at least 4 members (excludes halogenated alkanes) is 2. The van der Waals surface area contributed by atoms with E-state index in [4.69, 9.17) is 9.97 Å². The summed E-state index contributed by atoms with van der Waals surface area (Å²) in [5, 5.41) is 2.33. The summed E-state index contributed by atoms with van der Waals surface area (Å²) < 4.78 is 0. The molecule has 23 heavy (non-hydrogen) atoms. The molecule has 1 fully saturated rings. The molecule has 2 aromatic rings. The second-order valence-electron chi connectivity index (χ2n) is 6.19. The van der Waals surface area contributed by atoms with E-state index in [1.807, 2.05) is 11.8 Å². The van der Waals surface area contributed by atoms with Gasteiger partial charge in [0.15, 0.2) is 0 Å². The molecule has 0 unspecified atom stereocenters. The van der Waals surface area contributed by atoms with Gasteiger partial charge >= 0.3 is 0 Å². The number of benzene rings is 1. The average molecular weight is 331 g/mol. The van der Waals surface area contributed by atoms with Crippen molar-refractivity contribution in [2.75, 3.05) is 43.9 Å². The summed E-state index contributed by atoms with van der Waals surface area (Å²) in [6.45, 7) is 6.42. The molecule has 124 valence electrons. The van der Waals surface area contributed by atoms with Gasteiger partial charge in [-0.3, -0.25) is 0 Å². The SMILES string of the molecule is CCCCCSc1nc(N2CCN(C)CC2)nc2ccccc12. The van der Waals surface area contributed by atoms with Crippen molar-refractivity contribution in [2.24, 2.45) is 0 Å². The van der Waals surface area contributed by atoms with Gasteiger partial charge in [0.2, 0.25) is 5.95 Å². The first-order valence-corrected chi connectivity index (χ1v) is 9.59. The van der Waals surface area contributed by atoms with Gasteiger partial charge in [0.25, 0.3) is 0 Å². The molecular formula is C18H26N4S. The van der Waals surface area contributed by atoms with Crippen molar-refractivity contribution in [3.8, 4) is 0 Å². The van der Waals surface area contributed by atoms with E-state index in [-0.39, 0.29) is 0 Å². The second kappa shape index (κ2) is 7.97. The standard InChI is InChI=1S/C18H26N4S/c1-3-4-7-14-23-17-15-8-5-6-9-16(15)19-18(20-17)22-12-10-21(2)11-13-22/h5-6,8-9H,3-4,7,10-14H2,1-2H3. The predicted molar refractivity (Wildman–Crippen MR) is 99.5 cm³/mol. The number of nitrogens with zero attached hydrogens (tertiary/aromatic N) is 4. The van der Waals surface area contributed by atoms with E-state index >= 15 is 0 Å². The number of rotatable bonds is 6. The topological polar surface area (TPSA) is 32.3 Å². The molecule has 2 heterocycles. The summed E-state index contributed by atoms with van der Waals surface area (Å²) in [4.78, 5) is 14.4. The van der Waals surface area contributed by atoms with E-state index in [1.165, 1.54) is 24.6 Å². The third kappa shape index (κ3) is 4.15. The van der Waals surface area contributed by atoms with Crippen molar-refractivity contribution < 1.29 is 0 Å². The maximum Gasteiger partial charge on any atom is 0.227 e. The molecule has 4 nitrogen and oxygen atoms in total. The van der Waals surface area contributed by atoms with Gasteiger partial charge in [-0.1, -0.05) is 38.0 Å². The van der Waals surface area contributed by atoms with E-state index in [0.29, 0.717) is 0 Å². The van der Waals surface area contributed by atoms with Gasteiger partial charge in [0, 0.05) is 31.6 Å². The van der Waals surface area contributed by atoms with Gasteiger partial charge < -0.3 is 9.80 Å². The van der Waals surface area contributed by atoms with Crippen molar-refractivity contribution in [3.63, 3.8) is 0 Å². The lowest BCUT2D eigenvalue weighted by atomic mass is 10.2. The molecule has 0 atom stereocenters. The average Bonchev–Trinajstić information content (AvgIpc) is 2.59. The Kier molecular flexibility index (Phi) is 5.73. The number of hydrogen-bond acceptors (Lipinski definition) is 5. The molecule has 0 bridgehead atoms. The molecule has 1 saturated heterocycles. The van der Waals surface area contributed by atoms with Gasteiger partial charge in [-0.2, -0.15) is 0 Å². The molecule has 5 heteroatoms. The van der Waals surface area contributed by atoms with Crippen LogP contribution in [0.2, 0.25) is 0 Å². The molecule has 3 rings (SSSR count). The van der Waals surface area contributed by atoms with Crippen molar-refractivity contribution >= 4 is 28.6 Å². The monoisotopic (exact) mass is 330 g/mol. The summed E-state index contributed by atoms with van der Waals surface area (Å²) >= 11 is 1.88. The van der Waals surface area contributed by atoms with Gasteiger partial charge in [-0.15, -0.1) is 11.8 Å². The summed E-state index contributed by atoms with van der Waals surface area (Å²) in [5.74, 6) is 2.03. The lowest BCUT2D eigenvalue weighted by molar-refractivity contribution is 0.311. The number of para-hydroxylation sites is 1. The molecule has 1 aromatic carbocycles. The van der Waals surface area contributed by atoms with Crippen LogP contribution in [0.15, 0.2) is 29.3 Å². The molecule has 0 amide bonds. The zero-order chi connectivity index (χ0) is 16.1. The quantitative estimate of drug-likeness (QED) is 0.458. The fraction of sp³-hybridized carbons (Fsp3) is 0.556. The first-order valence-electron chi connectivity index (χ1n) is 8.61. The number of hydrogen-bond donors (Lipinski definition) is 0. The first-order chi connectivity index (χ1) is 11.3. The zero-order valence-electron chi connectivity index (χ0n) is 14.2. The van der Waals surface area contributed by atoms with Crippen molar-refractivity contribution in [1.82, 2.24) is 14.9 Å². The Morgan fingerprint density at radius 3 is 2.61 bits per heavy atom. The maximum atomic E-state index is 4.91. The molecule has 0 N–H and O–H groups in total. The normalized spacial score (nSPS) is 16.2. The number of aromatic nitrogens is 2. The third-order valence-electron chi connectivity index (χ3n) is 4.33. The Hall–Kier alpha value is -1.33. The third-order valence-corrected chi connectivity index (χ3v) is 5.41. The molecule has 0 spiro atoms. The fourth-order valence-corrected chi connectivity index (χ4v) is 3.83. The van der Waals surface area contributed by atoms with Gasteiger partial charge in [0.05, 0.1) is 5.52 Å². The zero-order valence-corrected chi connectivity index (χ0v) is 15.0. The van der Waals surface area contributed by atoms with Crippen LogP contribution in [-0.4, -0.2) is 53.8 Å². The van der Waals surface area contributed by atoms with Crippen LogP contribution >= 0.6 is 11.8 Å². The lowest BCUT2D eigenvalue weighted by Crippen LogP contribution is -2.45. The summed E-state index contributed by atoms with van der Waals surface area (Å²) in [7, 11) is 2.17. The highest BCUT2D eigenvalue weighted by atomic mass is 32.2. The van der Waals surface area contributed by atoms with Gasteiger partial charge in [-0.05, 0) is 25.3 Å². The number of anilines is 1. The Labute approximate surface area is 143 Å². The molecule has 1 aliphatic heterocycles. The number of fused-ring (bicyclic) bond motifs is 1. The molecule has 1 aromatic heterocycles. The first kappa shape index (κ1) is 16.5. The van der Waals surface area contributed by atoms with Crippen molar-refractivity contribution in [2.45, 2.75) is 31.2 Å². The number of thioether (sulfide) groups is 1. The number of piperazine rings is 1. The molecule has 1 aliphatic rings. The minimum absolute atomic E-state index is 0.898. The Balaban J connectivity index is 1.84. The van der Waals surface area contributed by atoms with Crippen LogP contribution < -0.4 is 4.90 Å². The van der Waals surface area contributed by atoms with Crippen LogP contribution in [0.4, 0.5) is 5.95 Å². The highest BCUT2D eigenvalue weighted by molar-refractivity contribution is 7.99. The van der Waals surface area contributed by atoms with Gasteiger partial charge in [-0.25, -0.2) is 9.97 Å². The van der Waals surface area contributed by atoms with Crippen LogP contribution in [-0.2, 0) is 0 Å². The van der Waals surface area contributed by atoms with Crippen LogP contribution in [0.5, 0.6) is 0 Å². The van der Waals surface area contributed by atoms with Crippen LogP contribution in [0.3, 0.4) is 0 Å². The van der Waals surface area contributed by atoms with E-state index in [9.17, 15) is 0 Å². The highest BCUT2D eigenvalue weighted by Crippen LogP contribution is 2.28. The largest absolute Gasteiger partial charge is 0.338 e. The maximum absolute atomic E-state index is 4.91. The van der Waals surface area contributed by atoms with E-state index in [2.05, 4.69) is 48.0 Å². The highest BCUT2D eigenvalue weighted by Gasteiger charge is 2.18. The van der Waals surface area contributed by atoms with Gasteiger partial charge in [0.1, 0.15) is 5.03 Å². The smallest absolute Gasteiger partial charge is 0.227 e. The Morgan fingerprint density at radius 1 is 1.04 bits per heavy atom.